The number of aliphatic hydroxyl groups is 1. The van der Waals surface area contributed by atoms with Gasteiger partial charge in [0, 0.05) is 30.4 Å². The third-order valence-corrected chi connectivity index (χ3v) is 6.84. The lowest BCUT2D eigenvalue weighted by Gasteiger charge is -2.18. The van der Waals surface area contributed by atoms with Crippen molar-refractivity contribution in [1.82, 2.24) is 9.88 Å². The summed E-state index contributed by atoms with van der Waals surface area (Å²) in [4.78, 5) is 59.8. The molecule has 2 aromatic rings. The molecule has 3 atom stereocenters. The van der Waals surface area contributed by atoms with Crippen molar-refractivity contribution in [2.45, 2.75) is 12.2 Å². The van der Waals surface area contributed by atoms with Crippen molar-refractivity contribution in [3.63, 3.8) is 0 Å². The van der Waals surface area contributed by atoms with Crippen LogP contribution in [0.15, 0.2) is 47.1 Å². The summed E-state index contributed by atoms with van der Waals surface area (Å²) in [6.07, 6.45) is -4.07. The number of imide groups is 1. The first-order valence-corrected chi connectivity index (χ1v) is 11.5. The van der Waals surface area contributed by atoms with Gasteiger partial charge in [0.2, 0.25) is 11.8 Å². The van der Waals surface area contributed by atoms with Gasteiger partial charge >= 0.3 is 12.1 Å². The highest BCUT2D eigenvalue weighted by molar-refractivity contribution is 6.40. The van der Waals surface area contributed by atoms with E-state index in [-0.39, 0.29) is 46.3 Å². The van der Waals surface area contributed by atoms with Gasteiger partial charge in [-0.15, -0.1) is 0 Å². The molecular weight excluding hydrogens is 533 g/mol. The van der Waals surface area contributed by atoms with Crippen molar-refractivity contribution >= 4 is 52.5 Å². The Balaban J connectivity index is 1.38. The van der Waals surface area contributed by atoms with Crippen LogP contribution in [-0.4, -0.2) is 68.5 Å². The fourth-order valence-electron chi connectivity index (χ4n) is 4.83. The van der Waals surface area contributed by atoms with Gasteiger partial charge in [-0.1, -0.05) is 35.9 Å². The molecule has 1 aliphatic carbocycles. The number of pyridine rings is 1. The van der Waals surface area contributed by atoms with E-state index in [2.05, 4.69) is 15.3 Å². The standard InChI is InChI=1S/C24H16ClF3N4O6/c25-12-7-9(24(26,27)28)8-30-20(12)29-5-6-32-21(35)13-14(22(32)36)17(23(37)38)31-16(13)15-18(33)10-3-1-2-4-11(10)19(15)34/h1-4,7-8,13-14,17,33H,5-6H2,(H,29,30)(H,37,38)/t13-,14-,17-/m0/s1. The molecule has 1 aromatic heterocycles. The molecule has 1 fully saturated rings. The van der Waals surface area contributed by atoms with Crippen LogP contribution in [0.25, 0.3) is 5.76 Å². The Hall–Kier alpha value is -4.26. The average Bonchev–Trinajstić information content (AvgIpc) is 3.45. The number of carboxylic acids is 1. The molecule has 0 radical (unpaired) electrons. The van der Waals surface area contributed by atoms with E-state index in [0.717, 1.165) is 4.90 Å². The summed E-state index contributed by atoms with van der Waals surface area (Å²) < 4.78 is 38.5. The molecule has 3 N–H and O–H groups in total. The predicted molar refractivity (Wildman–Crippen MR) is 126 cm³/mol. The number of nitrogens with zero attached hydrogens (tertiary/aromatic N) is 3. The van der Waals surface area contributed by atoms with Gasteiger partial charge < -0.3 is 15.5 Å². The number of anilines is 1. The predicted octanol–water partition coefficient (Wildman–Crippen LogP) is 2.84. The Morgan fingerprint density at radius 2 is 1.82 bits per heavy atom. The minimum absolute atomic E-state index is 0.117. The van der Waals surface area contributed by atoms with Crippen LogP contribution in [-0.2, 0) is 20.6 Å². The van der Waals surface area contributed by atoms with E-state index in [0.29, 0.717) is 12.3 Å². The Morgan fingerprint density at radius 3 is 2.42 bits per heavy atom. The molecule has 3 aliphatic rings. The molecule has 1 aromatic carbocycles. The average molecular weight is 549 g/mol. The molecule has 0 saturated carbocycles. The second-order valence-electron chi connectivity index (χ2n) is 8.71. The maximum atomic E-state index is 13.3. The summed E-state index contributed by atoms with van der Waals surface area (Å²) in [5, 5.41) is 22.7. The molecule has 3 heterocycles. The molecule has 0 bridgehead atoms. The number of carboxylic acid groups (broad SMARTS) is 1. The minimum atomic E-state index is -4.65. The van der Waals surface area contributed by atoms with E-state index in [1.165, 1.54) is 12.1 Å². The zero-order chi connectivity index (χ0) is 27.5. The van der Waals surface area contributed by atoms with Crippen molar-refractivity contribution in [2.24, 2.45) is 16.8 Å². The Bertz CT molecular complexity index is 1490. The quantitative estimate of drug-likeness (QED) is 0.467. The lowest BCUT2D eigenvalue weighted by Crippen LogP contribution is -2.38. The SMILES string of the molecule is O=C1C(C2=N[C@H](C(=O)O)[C@H]3C(=O)N(CCNc4ncc(C(F)(F)F)cc4Cl)C(=O)[C@H]23)=C(O)c2ccccc21. The van der Waals surface area contributed by atoms with Crippen molar-refractivity contribution in [3.05, 3.63) is 63.8 Å². The van der Waals surface area contributed by atoms with Crippen LogP contribution in [0.4, 0.5) is 19.0 Å². The normalized spacial score (nSPS) is 22.6. The van der Waals surface area contributed by atoms with Gasteiger partial charge in [0.05, 0.1) is 33.7 Å². The number of ketones is 1. The van der Waals surface area contributed by atoms with E-state index in [1.807, 2.05) is 0 Å². The number of halogens is 4. The Kier molecular flexibility index (Phi) is 5.97. The second-order valence-corrected chi connectivity index (χ2v) is 9.11. The summed E-state index contributed by atoms with van der Waals surface area (Å²) in [6.45, 7) is -0.472. The molecule has 2 aliphatic heterocycles. The number of carbonyl (C=O) groups is 4. The number of Topliss-reactive ketones (excluding diaryl/α,β-unsaturated/α-hetero) is 1. The van der Waals surface area contributed by atoms with Crippen LogP contribution in [0.5, 0.6) is 0 Å². The number of likely N-dealkylation sites (tertiary alicyclic amines) is 1. The van der Waals surface area contributed by atoms with Crippen LogP contribution in [0.2, 0.25) is 5.02 Å². The molecule has 0 unspecified atom stereocenters. The minimum Gasteiger partial charge on any atom is -0.506 e. The van der Waals surface area contributed by atoms with E-state index in [9.17, 15) is 42.6 Å². The third kappa shape index (κ3) is 3.90. The van der Waals surface area contributed by atoms with Gasteiger partial charge in [0.1, 0.15) is 11.6 Å². The second kappa shape index (κ2) is 8.94. The zero-order valence-electron chi connectivity index (χ0n) is 19.0. The molecule has 10 nitrogen and oxygen atoms in total. The van der Waals surface area contributed by atoms with Gasteiger partial charge in [0.25, 0.3) is 0 Å². The number of nitrogens with one attached hydrogen (secondary N) is 1. The van der Waals surface area contributed by atoms with Gasteiger partial charge in [0.15, 0.2) is 11.8 Å². The largest absolute Gasteiger partial charge is 0.506 e. The molecule has 0 spiro atoms. The monoisotopic (exact) mass is 548 g/mol. The summed E-state index contributed by atoms with van der Waals surface area (Å²) in [5.74, 6) is -7.22. The molecular formula is C24H16ClF3N4O6. The number of rotatable bonds is 6. The number of aromatic nitrogens is 1. The lowest BCUT2D eigenvalue weighted by atomic mass is 9.85. The van der Waals surface area contributed by atoms with Gasteiger partial charge in [-0.25, -0.2) is 9.78 Å². The Morgan fingerprint density at radius 1 is 1.13 bits per heavy atom. The zero-order valence-corrected chi connectivity index (χ0v) is 19.7. The molecule has 38 heavy (non-hydrogen) atoms. The highest BCUT2D eigenvalue weighted by atomic mass is 35.5. The number of aliphatic imine (C=N–C) groups is 1. The first kappa shape index (κ1) is 25.4. The van der Waals surface area contributed by atoms with Crippen molar-refractivity contribution in [1.29, 1.82) is 0 Å². The van der Waals surface area contributed by atoms with Gasteiger partial charge in [-0.3, -0.25) is 24.3 Å². The number of hydrogen-bond donors (Lipinski definition) is 3. The van der Waals surface area contributed by atoms with Crippen molar-refractivity contribution in [3.8, 4) is 0 Å². The summed E-state index contributed by atoms with van der Waals surface area (Å²) >= 11 is 5.86. The number of hydrogen-bond acceptors (Lipinski definition) is 8. The molecule has 2 amide bonds. The fraction of sp³-hybridized carbons (Fsp3) is 0.250. The first-order chi connectivity index (χ1) is 17.9. The molecule has 14 heteroatoms. The Labute approximate surface area is 216 Å². The lowest BCUT2D eigenvalue weighted by molar-refractivity contribution is -0.145. The van der Waals surface area contributed by atoms with Crippen LogP contribution < -0.4 is 5.32 Å². The number of amides is 2. The number of alkyl halides is 3. The van der Waals surface area contributed by atoms with Crippen LogP contribution in [0.1, 0.15) is 21.5 Å². The number of fused-ring (bicyclic) bond motifs is 2. The topological polar surface area (TPSA) is 149 Å². The highest BCUT2D eigenvalue weighted by Gasteiger charge is 2.60. The summed E-state index contributed by atoms with van der Waals surface area (Å²) in [7, 11) is 0. The highest BCUT2D eigenvalue weighted by Crippen LogP contribution is 2.43. The van der Waals surface area contributed by atoms with Gasteiger partial charge in [-0.2, -0.15) is 13.2 Å². The van der Waals surface area contributed by atoms with E-state index in [1.54, 1.807) is 12.1 Å². The van der Waals surface area contributed by atoms with Gasteiger partial charge in [-0.05, 0) is 6.07 Å². The van der Waals surface area contributed by atoms with Crippen LogP contribution in [0, 0.1) is 11.8 Å². The summed E-state index contributed by atoms with van der Waals surface area (Å²) in [5.41, 5.74) is -1.31. The maximum Gasteiger partial charge on any atom is 0.417 e. The first-order valence-electron chi connectivity index (χ1n) is 11.1. The van der Waals surface area contributed by atoms with E-state index in [4.69, 9.17) is 11.6 Å². The maximum absolute atomic E-state index is 13.3. The van der Waals surface area contributed by atoms with E-state index >= 15 is 0 Å². The van der Waals surface area contributed by atoms with Crippen LogP contribution in [0.3, 0.4) is 0 Å². The number of aliphatic hydroxyl groups excluding tert-OH is 1. The fourth-order valence-corrected chi connectivity index (χ4v) is 5.06. The van der Waals surface area contributed by atoms with Crippen molar-refractivity contribution in [2.75, 3.05) is 18.4 Å². The number of aliphatic carboxylic acids is 1. The number of allylic oxidation sites excluding steroid dienone is 1. The number of carbonyl (C=O) groups excluding carboxylic acids is 3. The van der Waals surface area contributed by atoms with E-state index < -0.39 is 58.9 Å². The van der Waals surface area contributed by atoms with Crippen LogP contribution >= 0.6 is 11.6 Å². The summed E-state index contributed by atoms with van der Waals surface area (Å²) in [6, 6.07) is 5.11. The smallest absolute Gasteiger partial charge is 0.417 e. The number of benzene rings is 1. The molecule has 1 saturated heterocycles. The van der Waals surface area contributed by atoms with Crippen molar-refractivity contribution < 1.29 is 42.6 Å². The molecule has 196 valence electrons. The molecule has 5 rings (SSSR count). The third-order valence-electron chi connectivity index (χ3n) is 6.55.